The number of hydrogen-bond donors (Lipinski definition) is 0. The lowest BCUT2D eigenvalue weighted by atomic mass is 10.1. The van der Waals surface area contributed by atoms with E-state index in [4.69, 9.17) is 56.8 Å². The van der Waals surface area contributed by atoms with Gasteiger partial charge in [-0.05, 0) is 103 Å². The Labute approximate surface area is 801 Å². The first-order chi connectivity index (χ1) is 62.3. The Balaban J connectivity index is 2.76. The summed E-state index contributed by atoms with van der Waals surface area (Å²) in [6.45, 7) is 26.1. The fraction of sp³-hybridized carbons (Fsp3) is 0.872. The molecule has 0 aliphatic carbocycles. The molecule has 1 rings (SSSR count). The van der Waals surface area contributed by atoms with Crippen LogP contribution in [0.3, 0.4) is 0 Å². The summed E-state index contributed by atoms with van der Waals surface area (Å²) < 4.78 is 65.2. The maximum Gasteiger partial charge on any atom is 0.318 e. The number of esters is 12. The Kier molecular flexibility index (Phi) is 81.0. The Morgan fingerprint density at radius 2 is 0.473 bits per heavy atom. The van der Waals surface area contributed by atoms with Gasteiger partial charge in [0.05, 0.1) is 71.4 Å². The van der Waals surface area contributed by atoms with E-state index >= 15 is 0 Å². The van der Waals surface area contributed by atoms with Gasteiger partial charge in [-0.3, -0.25) is 57.5 Å². The van der Waals surface area contributed by atoms with E-state index in [0.717, 1.165) is 114 Å². The number of hydrogen-bond acceptors (Lipinski definition) is 35. The number of nitrogens with zero attached hydrogens (tertiary/aromatic N) is 5. The van der Waals surface area contributed by atoms with E-state index < -0.39 is 59.6 Å². The highest BCUT2D eigenvalue weighted by Gasteiger charge is 2.25. The predicted octanol–water partition coefficient (Wildman–Crippen LogP) is 15.1. The topological polar surface area (TPSA) is 332 Å². The number of piperazine rings is 1. The fourth-order valence-corrected chi connectivity index (χ4v) is 18.8. The van der Waals surface area contributed by atoms with Crippen LogP contribution in [0, 0.1) is 11.8 Å². The highest BCUT2D eigenvalue weighted by atomic mass is 32.2. The van der Waals surface area contributed by atoms with Gasteiger partial charge in [0.1, 0.15) is 79.3 Å². The van der Waals surface area contributed by atoms with Gasteiger partial charge < -0.3 is 81.3 Å². The van der Waals surface area contributed by atoms with Gasteiger partial charge >= 0.3 is 71.6 Å². The van der Waals surface area contributed by atoms with E-state index in [1.165, 1.54) is 126 Å². The van der Waals surface area contributed by atoms with E-state index in [-0.39, 0.29) is 189 Å². The molecule has 1 heterocycles. The van der Waals surface area contributed by atoms with Gasteiger partial charge in [-0.2, -0.15) is 23.5 Å². The lowest BCUT2D eigenvalue weighted by molar-refractivity contribution is -0.154. The molecule has 0 saturated carbocycles. The minimum atomic E-state index is -0.514. The van der Waals surface area contributed by atoms with Crippen molar-refractivity contribution < 1.29 is 114 Å². The van der Waals surface area contributed by atoms with Crippen LogP contribution in [0.2, 0.25) is 0 Å². The SMILES string of the molecule is CCCCCCCCSC(C)C(=O)OCCOC(=O)CCN(CCSCC(C)C(=O)OCCOC(=O)CCN(CCCN1CCN(C)CC1)CCC(=O)OCCOC(=O)C(C)CSCCN(CCC(=O)OCCOC(=O)C(C)SCCCCCCCC)CCC(=O)OCCOC(=O)C(C)SCCCCCCCC)CCC(=O)OCCOC(=O)C(C)SCCCCCCCC. The molecule has 0 spiro atoms. The van der Waals surface area contributed by atoms with Crippen LogP contribution in [-0.2, 0) is 114 Å². The minimum absolute atomic E-state index is 0.00714. The number of likely N-dealkylation sites (N-methyl/N-ethyl adjacent to an activating group) is 1. The molecule has 0 aromatic heterocycles. The van der Waals surface area contributed by atoms with Crippen LogP contribution in [0.5, 0.6) is 0 Å². The monoisotopic (exact) mass is 1940 g/mol. The van der Waals surface area contributed by atoms with Crippen molar-refractivity contribution in [3.05, 3.63) is 0 Å². The van der Waals surface area contributed by atoms with Gasteiger partial charge in [-0.1, -0.05) is 170 Å². The number of carbonyl (C=O) groups is 12. The summed E-state index contributed by atoms with van der Waals surface area (Å²) in [5.74, 6) is -0.951. The van der Waals surface area contributed by atoms with Crippen molar-refractivity contribution >= 4 is 142 Å². The maximum atomic E-state index is 13.1. The zero-order valence-corrected chi connectivity index (χ0v) is 85.8. The first-order valence-electron chi connectivity index (χ1n) is 48.5. The summed E-state index contributed by atoms with van der Waals surface area (Å²) in [6.07, 6.45) is 29.0. The molecule has 29 nitrogen and oxygen atoms in total. The molecule has 750 valence electrons. The van der Waals surface area contributed by atoms with Crippen molar-refractivity contribution in [1.82, 2.24) is 24.5 Å². The zero-order chi connectivity index (χ0) is 95.0. The molecule has 0 amide bonds. The van der Waals surface area contributed by atoms with Crippen molar-refractivity contribution in [3.8, 4) is 0 Å². The molecule has 0 radical (unpaired) electrons. The molecule has 1 aliphatic rings. The van der Waals surface area contributed by atoms with Crippen LogP contribution >= 0.6 is 70.6 Å². The van der Waals surface area contributed by atoms with Crippen LogP contribution in [-0.4, -0.2) is 341 Å². The lowest BCUT2D eigenvalue weighted by Gasteiger charge is -2.33. The third-order valence-corrected chi connectivity index (χ3v) is 28.6. The molecule has 35 heteroatoms. The minimum Gasteiger partial charge on any atom is -0.462 e. The standard InChI is InChI=1S/C94H169N5O24S6/c1-12-16-20-24-28-32-69-126-79(7)91(108)120-65-59-114-85(102)39-47-98(48-40-86(103)115-60-66-121-92(109)80(8)127-70-33-29-25-21-17-13-2)55-73-124-75-77(5)89(106)118-63-57-112-83(100)37-45-96(43-36-44-97-53-51-95(11)52-54-97)46-38-84(101)113-58-64-119-90(107)78(6)76-125-74-56-99(49-41-87(104)116-61-67-122-93(110)81(9)128-71-34-30-26-22-18-14-3)50-42-88(105)117-62-68-123-94(111)82(10)129-72-35-31-27-23-19-15-4/h77-82H,12-76H2,1-11H3. The van der Waals surface area contributed by atoms with Gasteiger partial charge in [0.2, 0.25) is 0 Å². The Morgan fingerprint density at radius 1 is 0.256 bits per heavy atom. The van der Waals surface area contributed by atoms with Crippen LogP contribution in [0.1, 0.15) is 268 Å². The van der Waals surface area contributed by atoms with Crippen molar-refractivity contribution in [2.75, 3.05) is 224 Å². The number of ether oxygens (including phenoxy) is 12. The molecular formula is C94H169N5O24S6. The molecule has 0 N–H and O–H groups in total. The van der Waals surface area contributed by atoms with Crippen molar-refractivity contribution in [1.29, 1.82) is 0 Å². The molecule has 6 atom stereocenters. The Hall–Kier alpha value is -4.46. The molecule has 0 aromatic carbocycles. The quantitative estimate of drug-likeness (QED) is 0.0310. The molecule has 0 aromatic rings. The van der Waals surface area contributed by atoms with Crippen LogP contribution in [0.25, 0.3) is 0 Å². The highest BCUT2D eigenvalue weighted by molar-refractivity contribution is 8.01. The van der Waals surface area contributed by atoms with Crippen molar-refractivity contribution in [3.63, 3.8) is 0 Å². The lowest BCUT2D eigenvalue weighted by Crippen LogP contribution is -2.45. The third-order valence-electron chi connectivity index (χ3n) is 21.3. The van der Waals surface area contributed by atoms with Gasteiger partial charge in [0.25, 0.3) is 0 Å². The number of carbonyl (C=O) groups excluding carboxylic acids is 12. The highest BCUT2D eigenvalue weighted by Crippen LogP contribution is 2.22. The third kappa shape index (κ3) is 73.5. The summed E-state index contributed by atoms with van der Waals surface area (Å²) in [6, 6.07) is 0. The average molecular weight is 1950 g/mol. The fourth-order valence-electron chi connectivity index (χ4n) is 13.0. The second kappa shape index (κ2) is 85.2. The van der Waals surface area contributed by atoms with Crippen molar-refractivity contribution in [2.45, 2.75) is 289 Å². The Bertz CT molecular complexity index is 2640. The van der Waals surface area contributed by atoms with E-state index in [0.29, 0.717) is 55.7 Å². The molecule has 1 aliphatic heterocycles. The molecule has 6 unspecified atom stereocenters. The predicted molar refractivity (Wildman–Crippen MR) is 521 cm³/mol. The first kappa shape index (κ1) is 123. The summed E-state index contributed by atoms with van der Waals surface area (Å²) in [5.41, 5.74) is 0. The number of thioether (sulfide) groups is 6. The molecular weight excluding hydrogens is 1780 g/mol. The second-order valence-electron chi connectivity index (χ2n) is 32.9. The van der Waals surface area contributed by atoms with Gasteiger partial charge in [-0.15, -0.1) is 47.0 Å². The zero-order valence-electron chi connectivity index (χ0n) is 80.9. The van der Waals surface area contributed by atoms with Crippen LogP contribution in [0.15, 0.2) is 0 Å². The summed E-state index contributed by atoms with van der Waals surface area (Å²) in [4.78, 5) is 165. The number of unbranched alkanes of at least 4 members (excludes halogenated alkanes) is 20. The van der Waals surface area contributed by atoms with E-state index in [2.05, 4.69) is 44.5 Å². The Morgan fingerprint density at radius 3 is 0.721 bits per heavy atom. The summed E-state index contributed by atoms with van der Waals surface area (Å²) in [5, 5.41) is -1.32. The number of rotatable bonds is 88. The largest absolute Gasteiger partial charge is 0.462 e. The van der Waals surface area contributed by atoms with Crippen molar-refractivity contribution in [2.24, 2.45) is 11.8 Å². The summed E-state index contributed by atoms with van der Waals surface area (Å²) in [7, 11) is 2.10. The maximum absolute atomic E-state index is 13.1. The smallest absolute Gasteiger partial charge is 0.318 e. The van der Waals surface area contributed by atoms with E-state index in [9.17, 15) is 57.5 Å². The van der Waals surface area contributed by atoms with E-state index in [1.54, 1.807) is 60.9 Å². The molecule has 1 fully saturated rings. The van der Waals surface area contributed by atoms with E-state index in [1.807, 2.05) is 42.4 Å². The molecule has 129 heavy (non-hydrogen) atoms. The van der Waals surface area contributed by atoms with Crippen LogP contribution in [0.4, 0.5) is 0 Å². The molecule has 1 saturated heterocycles. The van der Waals surface area contributed by atoms with Gasteiger partial charge in [-0.25, -0.2) is 0 Å². The molecule has 0 bridgehead atoms. The second-order valence-corrected chi connectivity index (χ2v) is 41.0. The van der Waals surface area contributed by atoms with Gasteiger partial charge in [0, 0.05) is 102 Å². The summed E-state index contributed by atoms with van der Waals surface area (Å²) >= 11 is 9.23. The van der Waals surface area contributed by atoms with Gasteiger partial charge in [0.15, 0.2) is 0 Å². The van der Waals surface area contributed by atoms with Crippen LogP contribution < -0.4 is 0 Å². The first-order valence-corrected chi connectivity index (χ1v) is 55.0. The normalized spacial score (nSPS) is 13.8. The average Bonchev–Trinajstić information content (AvgIpc) is 0.912.